The molecule has 0 spiro atoms. The molecular formula is C29H29F3N2O8S. The number of sulfonamides is 1. The van der Waals surface area contributed by atoms with Crippen LogP contribution < -0.4 is 14.4 Å². The standard InChI is InChI=1S/C29H29F3N2O8S/c1-39-12-13-41-17-42-26-9-6-21(16-25(26)33-43(3,37)38)34-11-10-19-14-18(4-7-23(19)27(34)35)22-8-5-20(29(30,31)32)15-24(22)28(36)40-2/h4-9,14-16,33H,10-13,17H2,1-3H3. The lowest BCUT2D eigenvalue weighted by atomic mass is 9.91. The Bertz CT molecular complexity index is 1630. The molecule has 0 saturated heterocycles. The van der Waals surface area contributed by atoms with Gasteiger partial charge in [-0.15, -0.1) is 0 Å². The highest BCUT2D eigenvalue weighted by molar-refractivity contribution is 7.92. The van der Waals surface area contributed by atoms with Gasteiger partial charge in [0.2, 0.25) is 10.0 Å². The maximum absolute atomic E-state index is 13.5. The first-order valence-electron chi connectivity index (χ1n) is 12.9. The van der Waals surface area contributed by atoms with Crippen molar-refractivity contribution in [3.05, 3.63) is 76.9 Å². The summed E-state index contributed by atoms with van der Waals surface area (Å²) < 4.78 is 86.8. The van der Waals surface area contributed by atoms with Crippen molar-refractivity contribution in [1.82, 2.24) is 0 Å². The lowest BCUT2D eigenvalue weighted by Gasteiger charge is -2.29. The Morgan fingerprint density at radius 3 is 2.42 bits per heavy atom. The third-order valence-electron chi connectivity index (χ3n) is 6.55. The minimum atomic E-state index is -4.65. The second-order valence-electron chi connectivity index (χ2n) is 9.55. The number of anilines is 2. The Balaban J connectivity index is 1.62. The second kappa shape index (κ2) is 13.0. The van der Waals surface area contributed by atoms with Crippen molar-refractivity contribution in [2.24, 2.45) is 0 Å². The molecule has 0 aromatic heterocycles. The number of hydrogen-bond acceptors (Lipinski definition) is 8. The topological polar surface area (TPSA) is 120 Å². The fourth-order valence-electron chi connectivity index (χ4n) is 4.55. The van der Waals surface area contributed by atoms with Crippen LogP contribution in [0.1, 0.15) is 31.8 Å². The van der Waals surface area contributed by atoms with E-state index in [-0.39, 0.29) is 48.4 Å². The molecule has 1 aliphatic rings. The molecule has 1 amide bonds. The summed E-state index contributed by atoms with van der Waals surface area (Å²) in [5.41, 5.74) is 0.955. The maximum atomic E-state index is 13.5. The number of benzene rings is 3. The van der Waals surface area contributed by atoms with Crippen LogP contribution in [0.4, 0.5) is 24.5 Å². The quantitative estimate of drug-likeness (QED) is 0.185. The van der Waals surface area contributed by atoms with Crippen molar-refractivity contribution in [2.75, 3.05) is 56.6 Å². The van der Waals surface area contributed by atoms with Gasteiger partial charge in [-0.1, -0.05) is 18.2 Å². The van der Waals surface area contributed by atoms with E-state index in [1.54, 1.807) is 24.3 Å². The summed E-state index contributed by atoms with van der Waals surface area (Å²) in [6.45, 7) is 0.699. The number of carbonyl (C=O) groups excluding carboxylic acids is 2. The van der Waals surface area contributed by atoms with E-state index in [0.29, 0.717) is 35.4 Å². The van der Waals surface area contributed by atoms with Crippen LogP contribution in [0.5, 0.6) is 5.75 Å². The minimum Gasteiger partial charge on any atom is -0.465 e. The number of methoxy groups -OCH3 is 2. The molecule has 0 saturated carbocycles. The third-order valence-corrected chi connectivity index (χ3v) is 7.14. The summed E-state index contributed by atoms with van der Waals surface area (Å²) >= 11 is 0. The molecule has 43 heavy (non-hydrogen) atoms. The van der Waals surface area contributed by atoms with Crippen LogP contribution in [0.3, 0.4) is 0 Å². The molecule has 0 aliphatic carbocycles. The first kappa shape index (κ1) is 31.8. The summed E-state index contributed by atoms with van der Waals surface area (Å²) in [6.07, 6.45) is -3.28. The van der Waals surface area contributed by atoms with Gasteiger partial charge in [0.15, 0.2) is 6.79 Å². The summed E-state index contributed by atoms with van der Waals surface area (Å²) in [4.78, 5) is 27.4. The molecule has 4 rings (SSSR count). The molecular weight excluding hydrogens is 593 g/mol. The third kappa shape index (κ3) is 7.63. The number of halogens is 3. The number of ether oxygens (including phenoxy) is 4. The van der Waals surface area contributed by atoms with E-state index in [1.807, 2.05) is 0 Å². The Labute approximate surface area is 246 Å². The number of alkyl halides is 3. The molecule has 3 aromatic rings. The van der Waals surface area contributed by atoms with E-state index in [0.717, 1.165) is 25.5 Å². The zero-order chi connectivity index (χ0) is 31.4. The van der Waals surface area contributed by atoms with Gasteiger partial charge in [0.25, 0.3) is 5.91 Å². The van der Waals surface area contributed by atoms with Crippen LogP contribution in [0, 0.1) is 0 Å². The van der Waals surface area contributed by atoms with Gasteiger partial charge in [0.05, 0.1) is 43.4 Å². The number of esters is 1. The average Bonchev–Trinajstić information content (AvgIpc) is 2.95. The lowest BCUT2D eigenvalue weighted by molar-refractivity contribution is -0.137. The van der Waals surface area contributed by atoms with Gasteiger partial charge < -0.3 is 23.8 Å². The van der Waals surface area contributed by atoms with Crippen LogP contribution >= 0.6 is 0 Å². The predicted octanol–water partition coefficient (Wildman–Crippen LogP) is 4.73. The Kier molecular flexibility index (Phi) is 9.62. The van der Waals surface area contributed by atoms with E-state index >= 15 is 0 Å². The SMILES string of the molecule is COCCOCOc1ccc(N2CCc3cc(-c4ccc(C(F)(F)F)cc4C(=O)OC)ccc3C2=O)cc1NS(C)(=O)=O. The molecule has 10 nitrogen and oxygen atoms in total. The number of hydrogen-bond donors (Lipinski definition) is 1. The fraction of sp³-hybridized carbons (Fsp3) is 0.310. The normalized spacial score (nSPS) is 13.4. The summed E-state index contributed by atoms with van der Waals surface area (Å²) in [5, 5.41) is 0. The highest BCUT2D eigenvalue weighted by atomic mass is 32.2. The van der Waals surface area contributed by atoms with Gasteiger partial charge >= 0.3 is 12.1 Å². The lowest BCUT2D eigenvalue weighted by Crippen LogP contribution is -2.37. The first-order valence-corrected chi connectivity index (χ1v) is 14.8. The van der Waals surface area contributed by atoms with Crippen LogP contribution in [0.25, 0.3) is 11.1 Å². The van der Waals surface area contributed by atoms with Crippen LogP contribution in [0.2, 0.25) is 0 Å². The van der Waals surface area contributed by atoms with Crippen LogP contribution in [0.15, 0.2) is 54.6 Å². The van der Waals surface area contributed by atoms with Crippen LogP contribution in [-0.4, -0.2) is 67.3 Å². The van der Waals surface area contributed by atoms with Crippen molar-refractivity contribution < 1.29 is 50.1 Å². The highest BCUT2D eigenvalue weighted by Gasteiger charge is 2.33. The van der Waals surface area contributed by atoms with Gasteiger partial charge in [-0.3, -0.25) is 9.52 Å². The summed E-state index contributed by atoms with van der Waals surface area (Å²) in [7, 11) is -1.09. The van der Waals surface area contributed by atoms with E-state index in [1.165, 1.54) is 30.2 Å². The molecule has 1 aliphatic heterocycles. The zero-order valence-electron chi connectivity index (χ0n) is 23.5. The van der Waals surface area contributed by atoms with Gasteiger partial charge in [0, 0.05) is 24.9 Å². The summed E-state index contributed by atoms with van der Waals surface area (Å²) in [6, 6.07) is 12.2. The average molecular weight is 623 g/mol. The van der Waals surface area contributed by atoms with E-state index in [2.05, 4.69) is 4.72 Å². The molecule has 0 unspecified atom stereocenters. The smallest absolute Gasteiger partial charge is 0.416 e. The molecule has 1 heterocycles. The van der Waals surface area contributed by atoms with E-state index in [9.17, 15) is 31.2 Å². The zero-order valence-corrected chi connectivity index (χ0v) is 24.3. The van der Waals surface area contributed by atoms with Crippen molar-refractivity contribution in [1.29, 1.82) is 0 Å². The fourth-order valence-corrected chi connectivity index (χ4v) is 5.11. The molecule has 0 radical (unpaired) electrons. The van der Waals surface area contributed by atoms with Crippen LogP contribution in [-0.2, 0) is 36.8 Å². The molecule has 0 atom stereocenters. The number of nitrogens with one attached hydrogen (secondary N) is 1. The molecule has 0 bridgehead atoms. The minimum absolute atomic E-state index is 0.113. The molecule has 1 N–H and O–H groups in total. The number of nitrogens with zero attached hydrogens (tertiary/aromatic N) is 1. The number of fused-ring (bicyclic) bond motifs is 1. The largest absolute Gasteiger partial charge is 0.465 e. The van der Waals surface area contributed by atoms with Crippen molar-refractivity contribution in [3.63, 3.8) is 0 Å². The Hall–Kier alpha value is -4.14. The maximum Gasteiger partial charge on any atom is 0.416 e. The van der Waals surface area contributed by atoms with Crippen molar-refractivity contribution in [2.45, 2.75) is 12.6 Å². The number of amides is 1. The first-order chi connectivity index (χ1) is 20.3. The second-order valence-corrected chi connectivity index (χ2v) is 11.3. The van der Waals surface area contributed by atoms with Crippen molar-refractivity contribution in [3.8, 4) is 16.9 Å². The molecule has 3 aromatic carbocycles. The van der Waals surface area contributed by atoms with Gasteiger partial charge in [-0.2, -0.15) is 13.2 Å². The summed E-state index contributed by atoms with van der Waals surface area (Å²) in [5.74, 6) is -1.09. The monoisotopic (exact) mass is 622 g/mol. The van der Waals surface area contributed by atoms with E-state index < -0.39 is 27.7 Å². The van der Waals surface area contributed by atoms with E-state index in [4.69, 9.17) is 18.9 Å². The van der Waals surface area contributed by atoms with Crippen molar-refractivity contribution >= 4 is 33.3 Å². The Morgan fingerprint density at radius 2 is 1.74 bits per heavy atom. The number of rotatable bonds is 11. The molecule has 230 valence electrons. The predicted molar refractivity (Wildman–Crippen MR) is 152 cm³/mol. The van der Waals surface area contributed by atoms with Gasteiger partial charge in [-0.25, -0.2) is 13.2 Å². The van der Waals surface area contributed by atoms with Gasteiger partial charge in [0.1, 0.15) is 5.75 Å². The highest BCUT2D eigenvalue weighted by Crippen LogP contribution is 2.36. The van der Waals surface area contributed by atoms with Gasteiger partial charge in [-0.05, 0) is 59.5 Å². The molecule has 0 fully saturated rings. The number of carbonyl (C=O) groups is 2. The Morgan fingerprint density at radius 1 is 1.00 bits per heavy atom. The molecule has 14 heteroatoms.